The van der Waals surface area contributed by atoms with E-state index in [0.717, 1.165) is 11.3 Å². The molecule has 0 bridgehead atoms. The van der Waals surface area contributed by atoms with Crippen LogP contribution >= 0.6 is 23.2 Å². The molecule has 0 aliphatic heterocycles. The van der Waals surface area contributed by atoms with Gasteiger partial charge in [0.15, 0.2) is 0 Å². The Kier molecular flexibility index (Phi) is 6.90. The van der Waals surface area contributed by atoms with Crippen LogP contribution in [0.2, 0.25) is 10.0 Å². The van der Waals surface area contributed by atoms with Crippen LogP contribution in [0.1, 0.15) is 5.56 Å². The van der Waals surface area contributed by atoms with Gasteiger partial charge in [0.2, 0.25) is 6.61 Å². The maximum atomic E-state index is 10.9. The molecule has 24 heavy (non-hydrogen) atoms. The molecule has 2 rings (SSSR count). The number of nitrogens with one attached hydrogen (secondary N) is 1. The number of hydrogen-bond acceptors (Lipinski definition) is 5. The first-order valence-corrected chi connectivity index (χ1v) is 7.87. The molecule has 126 valence electrons. The SMILES string of the molecule is COC(=O)CON=CCc1ccccc1Nc1c(Cl)cccc1Cl. The fraction of sp³-hybridized carbons (Fsp3) is 0.176. The van der Waals surface area contributed by atoms with E-state index in [-0.39, 0.29) is 6.61 Å². The Morgan fingerprint density at radius 1 is 1.17 bits per heavy atom. The van der Waals surface area contributed by atoms with E-state index in [9.17, 15) is 4.79 Å². The van der Waals surface area contributed by atoms with Gasteiger partial charge >= 0.3 is 5.97 Å². The first-order chi connectivity index (χ1) is 11.6. The summed E-state index contributed by atoms with van der Waals surface area (Å²) < 4.78 is 4.45. The minimum atomic E-state index is -0.484. The second-order valence-corrected chi connectivity index (χ2v) is 5.53. The number of carbonyl (C=O) groups excluding carboxylic acids is 1. The maximum absolute atomic E-state index is 10.9. The number of anilines is 2. The van der Waals surface area contributed by atoms with Crippen molar-refractivity contribution in [3.63, 3.8) is 0 Å². The number of hydrogen-bond donors (Lipinski definition) is 1. The van der Waals surface area contributed by atoms with Gasteiger partial charge in [0.1, 0.15) is 0 Å². The fourth-order valence-corrected chi connectivity index (χ4v) is 2.40. The molecule has 5 nitrogen and oxygen atoms in total. The molecule has 7 heteroatoms. The Labute approximate surface area is 150 Å². The largest absolute Gasteiger partial charge is 0.466 e. The maximum Gasteiger partial charge on any atom is 0.346 e. The van der Waals surface area contributed by atoms with Gasteiger partial charge in [0.05, 0.1) is 22.8 Å². The van der Waals surface area contributed by atoms with Crippen molar-refractivity contribution >= 4 is 46.8 Å². The highest BCUT2D eigenvalue weighted by Crippen LogP contribution is 2.33. The zero-order valence-electron chi connectivity index (χ0n) is 13.0. The van der Waals surface area contributed by atoms with Gasteiger partial charge in [-0.3, -0.25) is 0 Å². The number of carbonyl (C=O) groups is 1. The summed E-state index contributed by atoms with van der Waals surface area (Å²) >= 11 is 12.4. The van der Waals surface area contributed by atoms with E-state index in [4.69, 9.17) is 28.0 Å². The topological polar surface area (TPSA) is 59.9 Å². The summed E-state index contributed by atoms with van der Waals surface area (Å²) in [5.41, 5.74) is 2.47. The Bertz CT molecular complexity index is 715. The molecule has 0 fully saturated rings. The van der Waals surface area contributed by atoms with Gasteiger partial charge in [0, 0.05) is 18.3 Å². The number of methoxy groups -OCH3 is 1. The normalized spacial score (nSPS) is 10.6. The minimum absolute atomic E-state index is 0.220. The summed E-state index contributed by atoms with van der Waals surface area (Å²) in [6, 6.07) is 13.0. The van der Waals surface area contributed by atoms with E-state index in [2.05, 4.69) is 15.2 Å². The van der Waals surface area contributed by atoms with Crippen molar-refractivity contribution in [2.45, 2.75) is 6.42 Å². The van der Waals surface area contributed by atoms with Gasteiger partial charge in [-0.05, 0) is 23.8 Å². The van der Waals surface area contributed by atoms with Gasteiger partial charge in [-0.15, -0.1) is 0 Å². The molecule has 1 N–H and O–H groups in total. The summed E-state index contributed by atoms with van der Waals surface area (Å²) in [7, 11) is 1.29. The molecule has 0 saturated heterocycles. The van der Waals surface area contributed by atoms with Crippen LogP contribution in [0.5, 0.6) is 0 Å². The molecule has 0 spiro atoms. The van der Waals surface area contributed by atoms with Crippen molar-refractivity contribution < 1.29 is 14.4 Å². The van der Waals surface area contributed by atoms with Gasteiger partial charge in [-0.1, -0.05) is 52.6 Å². The Morgan fingerprint density at radius 2 is 1.88 bits per heavy atom. The molecular formula is C17H16Cl2N2O3. The monoisotopic (exact) mass is 366 g/mol. The van der Waals surface area contributed by atoms with E-state index in [0.29, 0.717) is 22.2 Å². The Hall–Kier alpha value is -2.24. The summed E-state index contributed by atoms with van der Waals surface area (Å²) in [6.07, 6.45) is 2.07. The Balaban J connectivity index is 2.05. The number of ether oxygens (including phenoxy) is 1. The van der Waals surface area contributed by atoms with Crippen molar-refractivity contribution in [1.82, 2.24) is 0 Å². The third kappa shape index (κ3) is 5.15. The zero-order chi connectivity index (χ0) is 17.4. The van der Waals surface area contributed by atoms with Crippen molar-refractivity contribution in [1.29, 1.82) is 0 Å². The predicted molar refractivity (Wildman–Crippen MR) is 96.4 cm³/mol. The molecule has 0 unspecified atom stereocenters. The summed E-state index contributed by atoms with van der Waals surface area (Å²) in [6.45, 7) is -0.220. The number of halogens is 2. The van der Waals surface area contributed by atoms with Crippen LogP contribution in [0.3, 0.4) is 0 Å². The third-order valence-corrected chi connectivity index (χ3v) is 3.74. The fourth-order valence-electron chi connectivity index (χ4n) is 1.91. The van der Waals surface area contributed by atoms with Crippen LogP contribution in [0.15, 0.2) is 47.6 Å². The average Bonchev–Trinajstić information content (AvgIpc) is 2.59. The van der Waals surface area contributed by atoms with Crippen LogP contribution < -0.4 is 5.32 Å². The molecular weight excluding hydrogens is 351 g/mol. The number of para-hydroxylation sites is 2. The van der Waals surface area contributed by atoms with E-state index in [1.54, 1.807) is 24.4 Å². The molecule has 0 aliphatic carbocycles. The molecule has 2 aromatic rings. The zero-order valence-corrected chi connectivity index (χ0v) is 14.5. The molecule has 2 aromatic carbocycles. The van der Waals surface area contributed by atoms with Crippen LogP contribution in [0.25, 0.3) is 0 Å². The van der Waals surface area contributed by atoms with Crippen molar-refractivity contribution in [3.8, 4) is 0 Å². The number of nitrogens with zero attached hydrogens (tertiary/aromatic N) is 1. The highest BCUT2D eigenvalue weighted by atomic mass is 35.5. The summed E-state index contributed by atoms with van der Waals surface area (Å²) in [5, 5.41) is 8.04. The van der Waals surface area contributed by atoms with Crippen LogP contribution in [-0.4, -0.2) is 25.9 Å². The predicted octanol–water partition coefficient (Wildman–Crippen LogP) is 4.45. The lowest BCUT2D eigenvalue weighted by Gasteiger charge is -2.13. The summed E-state index contributed by atoms with van der Waals surface area (Å²) in [4.78, 5) is 15.7. The lowest BCUT2D eigenvalue weighted by molar-refractivity contribution is -0.145. The first kappa shape index (κ1) is 18.1. The van der Waals surface area contributed by atoms with Gasteiger partial charge in [0.25, 0.3) is 0 Å². The van der Waals surface area contributed by atoms with Crippen molar-refractivity contribution in [2.75, 3.05) is 19.0 Å². The molecule has 0 aliphatic rings. The number of esters is 1. The molecule has 0 amide bonds. The van der Waals surface area contributed by atoms with E-state index >= 15 is 0 Å². The average molecular weight is 367 g/mol. The second-order valence-electron chi connectivity index (χ2n) is 4.72. The molecule has 0 radical (unpaired) electrons. The van der Waals surface area contributed by atoms with Gasteiger partial charge < -0.3 is 14.9 Å². The minimum Gasteiger partial charge on any atom is -0.466 e. The van der Waals surface area contributed by atoms with Gasteiger partial charge in [-0.2, -0.15) is 0 Å². The van der Waals surface area contributed by atoms with Crippen molar-refractivity contribution in [2.24, 2.45) is 5.16 Å². The lowest BCUT2D eigenvalue weighted by Crippen LogP contribution is -2.07. The number of oxime groups is 1. The number of rotatable bonds is 7. The van der Waals surface area contributed by atoms with Crippen LogP contribution in [-0.2, 0) is 20.8 Å². The molecule has 0 saturated carbocycles. The first-order valence-electron chi connectivity index (χ1n) is 7.11. The van der Waals surface area contributed by atoms with Crippen LogP contribution in [0, 0.1) is 0 Å². The van der Waals surface area contributed by atoms with Gasteiger partial charge in [-0.25, -0.2) is 4.79 Å². The molecule has 0 atom stereocenters. The number of benzene rings is 2. The van der Waals surface area contributed by atoms with Crippen LogP contribution in [0.4, 0.5) is 11.4 Å². The quantitative estimate of drug-likeness (QED) is 0.446. The standard InChI is InChI=1S/C17H16Cl2N2O3/c1-23-16(22)11-24-20-10-9-12-5-2-3-8-15(12)21-17-13(18)6-4-7-14(17)19/h2-8,10,21H,9,11H2,1H3. The highest BCUT2D eigenvalue weighted by molar-refractivity contribution is 6.39. The van der Waals surface area contributed by atoms with E-state index in [1.807, 2.05) is 24.3 Å². The molecule has 0 aromatic heterocycles. The molecule has 0 heterocycles. The summed E-state index contributed by atoms with van der Waals surface area (Å²) in [5.74, 6) is -0.484. The second kappa shape index (κ2) is 9.15. The van der Waals surface area contributed by atoms with Crippen molar-refractivity contribution in [3.05, 3.63) is 58.1 Å². The highest BCUT2D eigenvalue weighted by Gasteiger charge is 2.08. The lowest BCUT2D eigenvalue weighted by atomic mass is 10.1. The van der Waals surface area contributed by atoms with E-state index < -0.39 is 5.97 Å². The smallest absolute Gasteiger partial charge is 0.346 e. The Morgan fingerprint density at radius 3 is 2.58 bits per heavy atom. The third-order valence-electron chi connectivity index (χ3n) is 3.11. The van der Waals surface area contributed by atoms with E-state index in [1.165, 1.54) is 7.11 Å².